The number of aromatic hydroxyl groups is 1. The minimum atomic E-state index is -0.496. The normalized spacial score (nSPS) is 13.2. The van der Waals surface area contributed by atoms with Gasteiger partial charge in [0.15, 0.2) is 0 Å². The number of aliphatic hydroxyl groups is 1. The van der Waals surface area contributed by atoms with E-state index < -0.39 is 11.5 Å². The highest BCUT2D eigenvalue weighted by atomic mass is 16.3. The number of hydrogen-bond acceptors (Lipinski definition) is 3. The van der Waals surface area contributed by atoms with Crippen molar-refractivity contribution in [2.75, 3.05) is 6.61 Å². The first kappa shape index (κ1) is 13.5. The number of amides is 1. The lowest BCUT2D eigenvalue weighted by Gasteiger charge is -2.23. The summed E-state index contributed by atoms with van der Waals surface area (Å²) in [6, 6.07) is 5.98. The van der Waals surface area contributed by atoms with E-state index in [0.29, 0.717) is 0 Å². The Kier molecular flexibility index (Phi) is 4.12. The predicted molar refractivity (Wildman–Crippen MR) is 65.5 cm³/mol. The van der Waals surface area contributed by atoms with E-state index in [1.807, 2.05) is 20.8 Å². The van der Waals surface area contributed by atoms with Crippen molar-refractivity contribution >= 4 is 5.91 Å². The van der Waals surface area contributed by atoms with Crippen LogP contribution in [0.25, 0.3) is 0 Å². The van der Waals surface area contributed by atoms with E-state index in [4.69, 9.17) is 0 Å². The molecule has 0 fully saturated rings. The van der Waals surface area contributed by atoms with Crippen molar-refractivity contribution in [2.24, 2.45) is 5.41 Å². The van der Waals surface area contributed by atoms with Gasteiger partial charge in [0.05, 0.1) is 12.6 Å². The van der Waals surface area contributed by atoms with Gasteiger partial charge in [-0.1, -0.05) is 32.9 Å². The topological polar surface area (TPSA) is 69.6 Å². The van der Waals surface area contributed by atoms with E-state index in [0.717, 1.165) is 5.56 Å². The smallest absolute Gasteiger partial charge is 0.225 e. The summed E-state index contributed by atoms with van der Waals surface area (Å²) in [5.74, 6) is 0.0391. The highest BCUT2D eigenvalue weighted by Gasteiger charge is 2.24. The van der Waals surface area contributed by atoms with Crippen molar-refractivity contribution in [3.8, 4) is 5.75 Å². The van der Waals surface area contributed by atoms with Crippen LogP contribution in [0.1, 0.15) is 32.4 Å². The summed E-state index contributed by atoms with van der Waals surface area (Å²) in [6.07, 6.45) is 0. The van der Waals surface area contributed by atoms with Gasteiger partial charge in [0, 0.05) is 5.41 Å². The van der Waals surface area contributed by atoms with Crippen LogP contribution in [0.15, 0.2) is 24.3 Å². The molecule has 1 aromatic carbocycles. The molecule has 4 heteroatoms. The summed E-state index contributed by atoms with van der Waals surface area (Å²) in [6.45, 7) is 5.27. The number of carbonyl (C=O) groups is 1. The Labute approximate surface area is 101 Å². The van der Waals surface area contributed by atoms with Crippen molar-refractivity contribution in [2.45, 2.75) is 26.8 Å². The number of phenols is 1. The molecule has 0 heterocycles. The third-order valence-electron chi connectivity index (χ3n) is 2.46. The number of carbonyl (C=O) groups excluding carboxylic acids is 1. The minimum Gasteiger partial charge on any atom is -0.508 e. The number of benzene rings is 1. The van der Waals surface area contributed by atoms with Crippen LogP contribution in [0.4, 0.5) is 0 Å². The van der Waals surface area contributed by atoms with Gasteiger partial charge in [-0.2, -0.15) is 0 Å². The molecule has 0 aliphatic heterocycles. The molecule has 0 saturated heterocycles. The van der Waals surface area contributed by atoms with Gasteiger partial charge in [-0.3, -0.25) is 4.79 Å². The standard InChI is InChI=1S/C13H19NO3/c1-13(2,3)12(17)14-11(8-15)9-4-6-10(16)7-5-9/h4-7,11,15-16H,8H2,1-3H3,(H,14,17)/t11-/m0/s1. The average Bonchev–Trinajstić information content (AvgIpc) is 2.25. The Hall–Kier alpha value is -1.55. The van der Waals surface area contributed by atoms with Crippen LogP contribution >= 0.6 is 0 Å². The second-order valence-electron chi connectivity index (χ2n) is 5.05. The monoisotopic (exact) mass is 237 g/mol. The van der Waals surface area contributed by atoms with Crippen molar-refractivity contribution in [1.82, 2.24) is 5.32 Å². The fourth-order valence-electron chi connectivity index (χ4n) is 1.32. The fourth-order valence-corrected chi connectivity index (χ4v) is 1.32. The second kappa shape index (κ2) is 5.19. The molecule has 0 radical (unpaired) electrons. The highest BCUT2D eigenvalue weighted by molar-refractivity contribution is 5.81. The van der Waals surface area contributed by atoms with Gasteiger partial charge in [-0.15, -0.1) is 0 Å². The third kappa shape index (κ3) is 3.75. The van der Waals surface area contributed by atoms with Crippen LogP contribution in [0, 0.1) is 5.41 Å². The van der Waals surface area contributed by atoms with Crippen LogP contribution < -0.4 is 5.32 Å². The van der Waals surface area contributed by atoms with Crippen LogP contribution in [-0.2, 0) is 4.79 Å². The SMILES string of the molecule is CC(C)(C)C(=O)N[C@@H](CO)c1ccc(O)cc1. The summed E-state index contributed by atoms with van der Waals surface area (Å²) in [4.78, 5) is 11.8. The summed E-state index contributed by atoms with van der Waals surface area (Å²) in [5, 5.41) is 21.2. The lowest BCUT2D eigenvalue weighted by molar-refractivity contribution is -0.129. The molecular formula is C13H19NO3. The molecule has 1 aromatic rings. The van der Waals surface area contributed by atoms with Gasteiger partial charge in [-0.25, -0.2) is 0 Å². The molecule has 1 amide bonds. The Morgan fingerprint density at radius 2 is 1.82 bits per heavy atom. The second-order valence-corrected chi connectivity index (χ2v) is 5.05. The predicted octanol–water partition coefficient (Wildman–Crippen LogP) is 1.59. The lowest BCUT2D eigenvalue weighted by atomic mass is 9.94. The average molecular weight is 237 g/mol. The van der Waals surface area contributed by atoms with Gasteiger partial charge < -0.3 is 15.5 Å². The molecule has 94 valence electrons. The van der Waals surface area contributed by atoms with E-state index in [2.05, 4.69) is 5.32 Å². The number of aliphatic hydroxyl groups excluding tert-OH is 1. The maximum Gasteiger partial charge on any atom is 0.225 e. The molecule has 0 bridgehead atoms. The molecule has 0 aromatic heterocycles. The van der Waals surface area contributed by atoms with Crippen molar-refractivity contribution in [3.63, 3.8) is 0 Å². The third-order valence-corrected chi connectivity index (χ3v) is 2.46. The molecule has 1 rings (SSSR count). The lowest BCUT2D eigenvalue weighted by Crippen LogP contribution is -2.38. The highest BCUT2D eigenvalue weighted by Crippen LogP contribution is 2.19. The molecule has 0 aliphatic rings. The zero-order valence-electron chi connectivity index (χ0n) is 10.4. The molecule has 0 saturated carbocycles. The Morgan fingerprint density at radius 3 is 2.24 bits per heavy atom. The van der Waals surface area contributed by atoms with Crippen molar-refractivity contribution in [1.29, 1.82) is 0 Å². The largest absolute Gasteiger partial charge is 0.508 e. The van der Waals surface area contributed by atoms with E-state index >= 15 is 0 Å². The van der Waals surface area contributed by atoms with Gasteiger partial charge in [0.2, 0.25) is 5.91 Å². The van der Waals surface area contributed by atoms with Crippen LogP contribution in [0.3, 0.4) is 0 Å². The maximum absolute atomic E-state index is 11.8. The Balaban J connectivity index is 2.79. The molecule has 0 unspecified atom stereocenters. The van der Waals surface area contributed by atoms with Gasteiger partial charge in [-0.05, 0) is 17.7 Å². The van der Waals surface area contributed by atoms with E-state index in [-0.39, 0.29) is 18.3 Å². The number of phenolic OH excluding ortho intramolecular Hbond substituents is 1. The Bertz CT molecular complexity index is 379. The van der Waals surface area contributed by atoms with E-state index in [1.165, 1.54) is 12.1 Å². The molecule has 1 atom stereocenters. The molecular weight excluding hydrogens is 218 g/mol. The molecule has 17 heavy (non-hydrogen) atoms. The molecule has 3 N–H and O–H groups in total. The number of hydrogen-bond donors (Lipinski definition) is 3. The van der Waals surface area contributed by atoms with Crippen molar-refractivity contribution < 1.29 is 15.0 Å². The summed E-state index contributed by atoms with van der Waals surface area (Å²) < 4.78 is 0. The number of rotatable bonds is 3. The van der Waals surface area contributed by atoms with Crippen LogP contribution in [0.5, 0.6) is 5.75 Å². The maximum atomic E-state index is 11.8. The quantitative estimate of drug-likeness (QED) is 0.747. The van der Waals surface area contributed by atoms with Gasteiger partial charge in [0.1, 0.15) is 5.75 Å². The van der Waals surface area contributed by atoms with Crippen molar-refractivity contribution in [3.05, 3.63) is 29.8 Å². The summed E-state index contributed by atoms with van der Waals surface area (Å²) in [7, 11) is 0. The Morgan fingerprint density at radius 1 is 1.29 bits per heavy atom. The number of nitrogens with one attached hydrogen (secondary N) is 1. The van der Waals surface area contributed by atoms with Gasteiger partial charge >= 0.3 is 0 Å². The first-order valence-electron chi connectivity index (χ1n) is 5.55. The fraction of sp³-hybridized carbons (Fsp3) is 0.462. The molecule has 0 aliphatic carbocycles. The zero-order valence-corrected chi connectivity index (χ0v) is 10.4. The van der Waals surface area contributed by atoms with E-state index in [9.17, 15) is 15.0 Å². The summed E-state index contributed by atoms with van der Waals surface area (Å²) in [5.41, 5.74) is 0.271. The van der Waals surface area contributed by atoms with E-state index in [1.54, 1.807) is 12.1 Å². The molecule has 0 spiro atoms. The molecule has 4 nitrogen and oxygen atoms in total. The zero-order chi connectivity index (χ0) is 13.1. The minimum absolute atomic E-state index is 0.121. The first-order valence-corrected chi connectivity index (χ1v) is 5.55. The summed E-state index contributed by atoms with van der Waals surface area (Å²) >= 11 is 0. The first-order chi connectivity index (χ1) is 7.84. The van der Waals surface area contributed by atoms with Gasteiger partial charge in [0.25, 0.3) is 0 Å². The van der Waals surface area contributed by atoms with Crippen LogP contribution in [-0.4, -0.2) is 22.7 Å². The van der Waals surface area contributed by atoms with Crippen LogP contribution in [0.2, 0.25) is 0 Å².